The van der Waals surface area contributed by atoms with Gasteiger partial charge in [-0.2, -0.15) is 0 Å². The summed E-state index contributed by atoms with van der Waals surface area (Å²) in [5.41, 5.74) is 1.26. The summed E-state index contributed by atoms with van der Waals surface area (Å²) in [6, 6.07) is 6.95. The molecule has 5 heteroatoms. The van der Waals surface area contributed by atoms with E-state index >= 15 is 0 Å². The number of carbonyl (C=O) groups excluding carboxylic acids is 3. The first-order chi connectivity index (χ1) is 19.9. The largest absolute Gasteiger partial charge is 0.462 e. The molecule has 41 heavy (non-hydrogen) atoms. The smallest absolute Gasteiger partial charge is 0.338 e. The van der Waals surface area contributed by atoms with Gasteiger partial charge in [-0.1, -0.05) is 117 Å². The highest BCUT2D eigenvalue weighted by Gasteiger charge is 2.39. The first-order valence-corrected chi connectivity index (χ1v) is 16.7. The van der Waals surface area contributed by atoms with Crippen LogP contribution in [-0.2, 0) is 14.3 Å². The summed E-state index contributed by atoms with van der Waals surface area (Å²) in [6.45, 7) is 6.82. The number of carbonyl (C=O) groups is 3. The second-order valence-corrected chi connectivity index (χ2v) is 12.1. The number of esters is 1. The van der Waals surface area contributed by atoms with Gasteiger partial charge in [0.25, 0.3) is 0 Å². The van der Waals surface area contributed by atoms with E-state index in [1.165, 1.54) is 96.1 Å². The molecule has 230 valence electrons. The highest BCUT2D eigenvalue weighted by molar-refractivity contribution is 6.22. The molecule has 0 saturated heterocycles. The van der Waals surface area contributed by atoms with Crippen LogP contribution in [0.5, 0.6) is 0 Å². The Morgan fingerprint density at radius 1 is 0.707 bits per heavy atom. The van der Waals surface area contributed by atoms with Crippen LogP contribution in [0.25, 0.3) is 0 Å². The Bertz CT molecular complexity index is 907. The Kier molecular flexibility index (Phi) is 17.3. The number of benzene rings is 1. The Hall–Kier alpha value is -2.43. The summed E-state index contributed by atoms with van der Waals surface area (Å²) in [5, 5.41) is 3.05. The van der Waals surface area contributed by atoms with Crippen LogP contribution in [0.2, 0.25) is 0 Å². The van der Waals surface area contributed by atoms with Gasteiger partial charge in [-0.05, 0) is 48.9 Å². The quantitative estimate of drug-likeness (QED) is 0.0653. The van der Waals surface area contributed by atoms with Crippen molar-refractivity contribution in [3.63, 3.8) is 0 Å². The number of hydrogen-bond acceptors (Lipinski definition) is 5. The van der Waals surface area contributed by atoms with Crippen LogP contribution in [0, 0.1) is 5.41 Å². The highest BCUT2D eigenvalue weighted by Crippen LogP contribution is 2.40. The fourth-order valence-corrected chi connectivity index (χ4v) is 5.76. The van der Waals surface area contributed by atoms with Gasteiger partial charge in [0.1, 0.15) is 0 Å². The van der Waals surface area contributed by atoms with Gasteiger partial charge in [-0.25, -0.2) is 4.79 Å². The summed E-state index contributed by atoms with van der Waals surface area (Å²) < 4.78 is 5.45. The van der Waals surface area contributed by atoms with Crippen molar-refractivity contribution in [2.75, 3.05) is 11.9 Å². The third kappa shape index (κ3) is 13.4. The molecule has 2 rings (SSSR count). The topological polar surface area (TPSA) is 72.5 Å². The van der Waals surface area contributed by atoms with Gasteiger partial charge in [-0.15, -0.1) is 0 Å². The maximum Gasteiger partial charge on any atom is 0.338 e. The maximum atomic E-state index is 12.6. The Morgan fingerprint density at radius 3 is 1.59 bits per heavy atom. The zero-order valence-electron chi connectivity index (χ0n) is 26.4. The molecule has 0 aliphatic heterocycles. The Morgan fingerprint density at radius 2 is 1.15 bits per heavy atom. The molecule has 1 aromatic rings. The van der Waals surface area contributed by atoms with E-state index in [0.29, 0.717) is 25.0 Å². The van der Waals surface area contributed by atoms with E-state index in [2.05, 4.69) is 12.2 Å². The molecule has 5 nitrogen and oxygen atoms in total. The van der Waals surface area contributed by atoms with Crippen molar-refractivity contribution < 1.29 is 19.1 Å². The number of anilines is 1. The molecule has 1 aromatic carbocycles. The Balaban J connectivity index is 1.52. The number of rotatable bonds is 22. The second kappa shape index (κ2) is 20.4. The fraction of sp³-hybridized carbons (Fsp3) is 0.694. The maximum absolute atomic E-state index is 12.6. The van der Waals surface area contributed by atoms with E-state index in [0.717, 1.165) is 31.4 Å². The molecular formula is C36H57NO4. The number of allylic oxidation sites excluding steroid dienone is 1. The summed E-state index contributed by atoms with van der Waals surface area (Å²) in [7, 11) is 0. The van der Waals surface area contributed by atoms with Crippen LogP contribution < -0.4 is 5.32 Å². The van der Waals surface area contributed by atoms with Crippen molar-refractivity contribution in [3.8, 4) is 0 Å². The number of ether oxygens (including phenoxy) is 1. The van der Waals surface area contributed by atoms with E-state index in [1.807, 2.05) is 13.8 Å². The number of ketones is 2. The zero-order valence-corrected chi connectivity index (χ0v) is 26.4. The monoisotopic (exact) mass is 567 g/mol. The van der Waals surface area contributed by atoms with Gasteiger partial charge in [0, 0.05) is 24.7 Å². The minimum atomic E-state index is -0.316. The molecule has 1 aliphatic carbocycles. The number of unbranched alkanes of at least 4 members (excludes halogenated alkanes) is 15. The van der Waals surface area contributed by atoms with Gasteiger partial charge in [0.2, 0.25) is 0 Å². The average Bonchev–Trinajstić information content (AvgIpc) is 2.98. The molecule has 0 radical (unpaired) electrons. The normalized spacial score (nSPS) is 14.8. The summed E-state index contributed by atoms with van der Waals surface area (Å²) in [4.78, 5) is 37.6. The van der Waals surface area contributed by atoms with E-state index in [9.17, 15) is 14.4 Å². The van der Waals surface area contributed by atoms with E-state index in [1.54, 1.807) is 24.3 Å². The van der Waals surface area contributed by atoms with E-state index in [4.69, 9.17) is 4.74 Å². The van der Waals surface area contributed by atoms with Crippen molar-refractivity contribution in [2.45, 2.75) is 149 Å². The fourth-order valence-electron chi connectivity index (χ4n) is 5.76. The van der Waals surface area contributed by atoms with Crippen LogP contribution in [0.1, 0.15) is 160 Å². The molecule has 0 atom stereocenters. The average molecular weight is 568 g/mol. The minimum absolute atomic E-state index is 0.0910. The lowest BCUT2D eigenvalue weighted by Crippen LogP contribution is -2.35. The van der Waals surface area contributed by atoms with Crippen LogP contribution >= 0.6 is 0 Å². The van der Waals surface area contributed by atoms with Gasteiger partial charge >= 0.3 is 5.97 Å². The highest BCUT2D eigenvalue weighted by atomic mass is 16.5. The first-order valence-electron chi connectivity index (χ1n) is 16.7. The lowest BCUT2D eigenvalue weighted by atomic mass is 9.68. The lowest BCUT2D eigenvalue weighted by Gasteiger charge is -2.34. The van der Waals surface area contributed by atoms with Crippen molar-refractivity contribution in [1.29, 1.82) is 0 Å². The van der Waals surface area contributed by atoms with Crippen molar-refractivity contribution in [1.82, 2.24) is 0 Å². The molecule has 0 heterocycles. The molecular weight excluding hydrogens is 510 g/mol. The SMILES string of the molecule is CCCCCCCCCCCCCCCCCCOC(=O)c1ccc(NC=C2C(=O)CC(CC)(CC)CC2=O)cc1. The van der Waals surface area contributed by atoms with Gasteiger partial charge in [0.05, 0.1) is 17.7 Å². The van der Waals surface area contributed by atoms with Crippen molar-refractivity contribution >= 4 is 23.2 Å². The molecule has 0 spiro atoms. The van der Waals surface area contributed by atoms with Crippen LogP contribution in [0.15, 0.2) is 36.0 Å². The van der Waals surface area contributed by atoms with Crippen LogP contribution in [-0.4, -0.2) is 24.1 Å². The third-order valence-electron chi connectivity index (χ3n) is 8.91. The van der Waals surface area contributed by atoms with Gasteiger partial charge < -0.3 is 10.1 Å². The molecule has 1 fully saturated rings. The molecule has 0 aromatic heterocycles. The number of Topliss-reactive ketones (excluding diaryl/α,β-unsaturated/α-hetero) is 2. The molecule has 0 amide bonds. The van der Waals surface area contributed by atoms with Gasteiger partial charge in [0.15, 0.2) is 11.6 Å². The predicted molar refractivity (Wildman–Crippen MR) is 170 cm³/mol. The second-order valence-electron chi connectivity index (χ2n) is 12.1. The summed E-state index contributed by atoms with van der Waals surface area (Å²) >= 11 is 0. The van der Waals surface area contributed by atoms with Gasteiger partial charge in [-0.3, -0.25) is 9.59 Å². The molecule has 0 unspecified atom stereocenters. The summed E-state index contributed by atoms with van der Waals surface area (Å²) in [5.74, 6) is -0.498. The molecule has 1 aliphatic rings. The Labute approximate surface area is 250 Å². The standard InChI is InChI=1S/C36H57NO4/c1-4-7-8-9-10-11-12-13-14-15-16-17-18-19-20-21-26-41-35(40)30-22-24-31(25-23-30)37-29-32-33(38)27-36(5-2,6-3)28-34(32)39/h22-25,29,37H,4-21,26-28H2,1-3H3. The molecule has 1 N–H and O–H groups in total. The van der Waals surface area contributed by atoms with Crippen LogP contribution in [0.3, 0.4) is 0 Å². The number of nitrogens with one attached hydrogen (secondary N) is 1. The van der Waals surface area contributed by atoms with E-state index < -0.39 is 0 Å². The minimum Gasteiger partial charge on any atom is -0.462 e. The van der Waals surface area contributed by atoms with Crippen molar-refractivity contribution in [2.24, 2.45) is 5.41 Å². The lowest BCUT2D eigenvalue weighted by molar-refractivity contribution is -0.128. The number of hydrogen-bond donors (Lipinski definition) is 1. The summed E-state index contributed by atoms with van der Waals surface area (Å²) in [6.07, 6.45) is 25.1. The first kappa shape index (κ1) is 34.8. The molecule has 1 saturated carbocycles. The van der Waals surface area contributed by atoms with Crippen LogP contribution in [0.4, 0.5) is 5.69 Å². The predicted octanol–water partition coefficient (Wildman–Crippen LogP) is 10.1. The zero-order chi connectivity index (χ0) is 29.8. The third-order valence-corrected chi connectivity index (χ3v) is 8.91. The molecule has 0 bridgehead atoms. The van der Waals surface area contributed by atoms with E-state index in [-0.39, 0.29) is 28.5 Å². The van der Waals surface area contributed by atoms with Crippen molar-refractivity contribution in [3.05, 3.63) is 41.6 Å².